The average molecular weight is 200 g/mol. The van der Waals surface area contributed by atoms with E-state index in [9.17, 15) is 0 Å². The molecule has 1 aromatic carbocycles. The van der Waals surface area contributed by atoms with E-state index in [1.165, 1.54) is 16.6 Å². The zero-order valence-electron chi connectivity index (χ0n) is 9.25. The number of benzene rings is 1. The minimum absolute atomic E-state index is 0.478. The van der Waals surface area contributed by atoms with Gasteiger partial charge in [-0.1, -0.05) is 18.2 Å². The lowest BCUT2D eigenvalue weighted by molar-refractivity contribution is 0.515. The number of hydrogen-bond acceptors (Lipinski definition) is 1. The molecule has 1 aliphatic rings. The molecule has 0 radical (unpaired) electrons. The van der Waals surface area contributed by atoms with Gasteiger partial charge in [0, 0.05) is 29.7 Å². The van der Waals surface area contributed by atoms with Crippen LogP contribution in [0.15, 0.2) is 24.3 Å². The van der Waals surface area contributed by atoms with Crippen molar-refractivity contribution in [1.29, 1.82) is 0 Å². The molecule has 0 amide bonds. The van der Waals surface area contributed by atoms with Crippen LogP contribution in [0.4, 0.5) is 0 Å². The highest BCUT2D eigenvalue weighted by Gasteiger charge is 2.22. The van der Waals surface area contributed by atoms with Gasteiger partial charge in [0.2, 0.25) is 0 Å². The van der Waals surface area contributed by atoms with Gasteiger partial charge >= 0.3 is 0 Å². The molecule has 0 fully saturated rings. The fourth-order valence-electron chi connectivity index (χ4n) is 2.82. The molecule has 1 atom stereocenters. The summed E-state index contributed by atoms with van der Waals surface area (Å²) in [5, 5.41) is 4.95. The van der Waals surface area contributed by atoms with Crippen molar-refractivity contribution in [3.8, 4) is 0 Å². The van der Waals surface area contributed by atoms with Gasteiger partial charge in [-0.2, -0.15) is 0 Å². The molecule has 2 aromatic rings. The molecule has 0 saturated heterocycles. The zero-order chi connectivity index (χ0) is 10.4. The first-order chi connectivity index (χ1) is 7.29. The molecule has 0 saturated carbocycles. The Labute approximate surface area is 89.9 Å². The number of aromatic nitrogens is 1. The maximum absolute atomic E-state index is 3.52. The second-order valence-electron chi connectivity index (χ2n) is 4.37. The summed E-state index contributed by atoms with van der Waals surface area (Å²) in [4.78, 5) is 0. The third-order valence-corrected chi connectivity index (χ3v) is 3.50. The van der Waals surface area contributed by atoms with Crippen molar-refractivity contribution in [2.24, 2.45) is 7.05 Å². The Morgan fingerprint density at radius 2 is 2.13 bits per heavy atom. The number of nitrogens with one attached hydrogen (secondary N) is 1. The summed E-state index contributed by atoms with van der Waals surface area (Å²) in [5.41, 5.74) is 4.36. The van der Waals surface area contributed by atoms with E-state index < -0.39 is 0 Å². The number of hydrogen-bond donors (Lipinski definition) is 1. The highest BCUT2D eigenvalue weighted by molar-refractivity contribution is 5.86. The Morgan fingerprint density at radius 1 is 1.33 bits per heavy atom. The van der Waals surface area contributed by atoms with Crippen molar-refractivity contribution in [2.45, 2.75) is 19.4 Å². The van der Waals surface area contributed by atoms with Crippen LogP contribution in [0.25, 0.3) is 10.9 Å². The molecule has 1 N–H and O–H groups in total. The summed E-state index contributed by atoms with van der Waals surface area (Å²) in [6.07, 6.45) is 1.15. The number of para-hydroxylation sites is 1. The number of nitrogens with zero attached hydrogens (tertiary/aromatic N) is 1. The Hall–Kier alpha value is -1.28. The van der Waals surface area contributed by atoms with Crippen LogP contribution in [-0.4, -0.2) is 11.1 Å². The second kappa shape index (κ2) is 3.11. The zero-order valence-corrected chi connectivity index (χ0v) is 9.25. The molecule has 0 unspecified atom stereocenters. The second-order valence-corrected chi connectivity index (χ2v) is 4.37. The molecule has 3 rings (SSSR count). The van der Waals surface area contributed by atoms with E-state index in [1.54, 1.807) is 5.56 Å². The quantitative estimate of drug-likeness (QED) is 0.691. The standard InChI is InChI=1S/C13H16N2/c1-9-13-11(7-8-14-9)10-5-3-4-6-12(10)15(13)2/h3-6,9,14H,7-8H2,1-2H3/t9-/m0/s1. The molecule has 0 spiro atoms. The highest BCUT2D eigenvalue weighted by Crippen LogP contribution is 2.31. The van der Waals surface area contributed by atoms with Gasteiger partial charge in [0.15, 0.2) is 0 Å². The minimum atomic E-state index is 0.478. The third-order valence-electron chi connectivity index (χ3n) is 3.50. The lowest BCUT2D eigenvalue weighted by Crippen LogP contribution is -2.28. The largest absolute Gasteiger partial charge is 0.346 e. The predicted octanol–water partition coefficient (Wildman–Crippen LogP) is 2.39. The number of rotatable bonds is 0. The molecular weight excluding hydrogens is 184 g/mol. The lowest BCUT2D eigenvalue weighted by Gasteiger charge is -2.22. The van der Waals surface area contributed by atoms with Gasteiger partial charge < -0.3 is 9.88 Å². The number of fused-ring (bicyclic) bond motifs is 3. The van der Waals surface area contributed by atoms with Crippen LogP contribution >= 0.6 is 0 Å². The molecule has 1 aliphatic heterocycles. The Bertz CT molecular complexity index is 510. The average Bonchev–Trinajstić information content (AvgIpc) is 2.55. The first-order valence-electron chi connectivity index (χ1n) is 5.58. The van der Waals surface area contributed by atoms with Crippen molar-refractivity contribution in [3.05, 3.63) is 35.5 Å². The summed E-state index contributed by atoms with van der Waals surface area (Å²) in [6, 6.07) is 9.18. The summed E-state index contributed by atoms with van der Waals surface area (Å²) in [7, 11) is 2.17. The molecule has 78 valence electrons. The van der Waals surface area contributed by atoms with E-state index in [0.717, 1.165) is 13.0 Å². The summed E-state index contributed by atoms with van der Waals surface area (Å²) >= 11 is 0. The van der Waals surface area contributed by atoms with E-state index in [0.29, 0.717) is 6.04 Å². The Morgan fingerprint density at radius 3 is 3.00 bits per heavy atom. The fourth-order valence-corrected chi connectivity index (χ4v) is 2.82. The third kappa shape index (κ3) is 1.15. The van der Waals surface area contributed by atoms with Crippen LogP contribution in [0.3, 0.4) is 0 Å². The fraction of sp³-hybridized carbons (Fsp3) is 0.385. The topological polar surface area (TPSA) is 17.0 Å². The van der Waals surface area contributed by atoms with Crippen molar-refractivity contribution in [1.82, 2.24) is 9.88 Å². The van der Waals surface area contributed by atoms with Gasteiger partial charge in [-0.3, -0.25) is 0 Å². The maximum atomic E-state index is 3.52. The predicted molar refractivity (Wildman–Crippen MR) is 63.0 cm³/mol. The van der Waals surface area contributed by atoms with E-state index in [1.807, 2.05) is 0 Å². The highest BCUT2D eigenvalue weighted by atomic mass is 15.0. The Kier molecular flexibility index (Phi) is 1.86. The van der Waals surface area contributed by atoms with Crippen molar-refractivity contribution in [2.75, 3.05) is 6.54 Å². The molecule has 2 heterocycles. The first-order valence-corrected chi connectivity index (χ1v) is 5.58. The first kappa shape index (κ1) is 8.98. The monoisotopic (exact) mass is 200 g/mol. The smallest absolute Gasteiger partial charge is 0.0483 e. The summed E-state index contributed by atoms with van der Waals surface area (Å²) < 4.78 is 2.33. The minimum Gasteiger partial charge on any atom is -0.346 e. The van der Waals surface area contributed by atoms with E-state index in [2.05, 4.69) is 48.1 Å². The van der Waals surface area contributed by atoms with Crippen molar-refractivity contribution < 1.29 is 0 Å². The number of aryl methyl sites for hydroxylation is 1. The van der Waals surface area contributed by atoms with Crippen molar-refractivity contribution >= 4 is 10.9 Å². The van der Waals surface area contributed by atoms with Crippen LogP contribution in [0.1, 0.15) is 24.2 Å². The molecule has 2 nitrogen and oxygen atoms in total. The van der Waals surface area contributed by atoms with Gasteiger partial charge in [0.25, 0.3) is 0 Å². The SMILES string of the molecule is C[C@@H]1NCCc2c1n(C)c1ccccc21. The van der Waals surface area contributed by atoms with Crippen LogP contribution in [0.2, 0.25) is 0 Å². The van der Waals surface area contributed by atoms with Crippen LogP contribution in [0.5, 0.6) is 0 Å². The van der Waals surface area contributed by atoms with Crippen molar-refractivity contribution in [3.63, 3.8) is 0 Å². The van der Waals surface area contributed by atoms with Gasteiger partial charge in [-0.25, -0.2) is 0 Å². The van der Waals surface area contributed by atoms with Gasteiger partial charge in [0.05, 0.1) is 0 Å². The molecule has 1 aromatic heterocycles. The van der Waals surface area contributed by atoms with Gasteiger partial charge in [-0.05, 0) is 31.5 Å². The van der Waals surface area contributed by atoms with E-state index in [4.69, 9.17) is 0 Å². The van der Waals surface area contributed by atoms with Crippen LogP contribution in [0, 0.1) is 0 Å². The van der Waals surface area contributed by atoms with Gasteiger partial charge in [-0.15, -0.1) is 0 Å². The van der Waals surface area contributed by atoms with E-state index >= 15 is 0 Å². The van der Waals surface area contributed by atoms with Crippen LogP contribution in [-0.2, 0) is 13.5 Å². The lowest BCUT2D eigenvalue weighted by atomic mass is 10.0. The van der Waals surface area contributed by atoms with E-state index in [-0.39, 0.29) is 0 Å². The molecular formula is C13H16N2. The Balaban J connectivity index is 2.40. The molecule has 2 heteroatoms. The van der Waals surface area contributed by atoms with Crippen LogP contribution < -0.4 is 5.32 Å². The normalized spacial score (nSPS) is 20.5. The molecule has 15 heavy (non-hydrogen) atoms. The maximum Gasteiger partial charge on any atom is 0.0483 e. The molecule has 0 bridgehead atoms. The molecule has 0 aliphatic carbocycles. The summed E-state index contributed by atoms with van der Waals surface area (Å²) in [5.74, 6) is 0. The van der Waals surface area contributed by atoms with Gasteiger partial charge in [0.1, 0.15) is 0 Å². The summed E-state index contributed by atoms with van der Waals surface area (Å²) in [6.45, 7) is 3.35.